The summed E-state index contributed by atoms with van der Waals surface area (Å²) in [6.45, 7) is 10.4. The fraction of sp³-hybridized carbons (Fsp3) is 0.586. The zero-order chi connectivity index (χ0) is 25.7. The molecule has 0 radical (unpaired) electrons. The first-order chi connectivity index (χ1) is 18.0. The maximum atomic E-state index is 5.39. The molecule has 8 heteroatoms. The molecule has 2 fully saturated rings. The molecule has 37 heavy (non-hydrogen) atoms. The van der Waals surface area contributed by atoms with Crippen molar-refractivity contribution in [3.05, 3.63) is 41.6 Å². The highest BCUT2D eigenvalue weighted by Crippen LogP contribution is 2.36. The average Bonchev–Trinajstić information content (AvgIpc) is 3.55. The van der Waals surface area contributed by atoms with Gasteiger partial charge in [0.25, 0.3) is 0 Å². The van der Waals surface area contributed by atoms with Gasteiger partial charge in [0, 0.05) is 82.0 Å². The Hall–Kier alpha value is -3.18. The number of nitrogens with zero attached hydrogens (tertiary/aromatic N) is 6. The highest BCUT2D eigenvalue weighted by Gasteiger charge is 2.38. The minimum absolute atomic E-state index is 0.283. The van der Waals surface area contributed by atoms with Crippen LogP contribution in [0.4, 0.5) is 17.5 Å². The topological polar surface area (TPSA) is 81.0 Å². The van der Waals surface area contributed by atoms with Gasteiger partial charge in [0.2, 0.25) is 5.95 Å². The predicted octanol–water partition coefficient (Wildman–Crippen LogP) is 4.77. The Morgan fingerprint density at radius 1 is 1.05 bits per heavy atom. The molecule has 0 saturated carbocycles. The van der Waals surface area contributed by atoms with Crippen molar-refractivity contribution in [1.82, 2.24) is 15.3 Å². The quantitative estimate of drug-likeness (QED) is 0.433. The van der Waals surface area contributed by atoms with Crippen LogP contribution in [0.5, 0.6) is 0 Å². The van der Waals surface area contributed by atoms with Crippen LogP contribution in [0, 0.1) is 25.2 Å². The second-order valence-corrected chi connectivity index (χ2v) is 10.9. The summed E-state index contributed by atoms with van der Waals surface area (Å²) in [5, 5.41) is 15.6. The number of aromatic nitrogens is 2. The molecule has 2 saturated heterocycles. The molecule has 3 aliphatic heterocycles. The summed E-state index contributed by atoms with van der Waals surface area (Å²) in [5.74, 6) is 5.15. The highest BCUT2D eigenvalue weighted by atomic mass is 15.4. The smallest absolute Gasteiger partial charge is 0.224 e. The first kappa shape index (κ1) is 25.5. The zero-order valence-electron chi connectivity index (χ0n) is 22.3. The standard InChI is InChI=1S/C29H40N8/c1-4-5-12-29(34-35-29)13-14-30-28-32-23(3)18-27(33-28)36-16-10-25(11-17-36)31-20-24-7-6-8-26(19-24)37-15-9-22(2)21-37/h1,6-8,18-19,22,25,31H,5,9-17,20-21H2,2-3H3,(H,30,32,33). The summed E-state index contributed by atoms with van der Waals surface area (Å²) >= 11 is 0. The lowest BCUT2D eigenvalue weighted by Crippen LogP contribution is -2.42. The normalized spacial score (nSPS) is 20.7. The fourth-order valence-corrected chi connectivity index (χ4v) is 5.44. The van der Waals surface area contributed by atoms with Crippen LogP contribution in [0.3, 0.4) is 0 Å². The van der Waals surface area contributed by atoms with Gasteiger partial charge in [0.15, 0.2) is 5.66 Å². The molecule has 3 aliphatic rings. The molecule has 2 aromatic rings. The minimum Gasteiger partial charge on any atom is -0.371 e. The molecule has 1 unspecified atom stereocenters. The van der Waals surface area contributed by atoms with E-state index >= 15 is 0 Å². The van der Waals surface area contributed by atoms with Crippen LogP contribution in [0.25, 0.3) is 0 Å². The van der Waals surface area contributed by atoms with Gasteiger partial charge in [-0.05, 0) is 49.8 Å². The van der Waals surface area contributed by atoms with E-state index in [9.17, 15) is 0 Å². The lowest BCUT2D eigenvalue weighted by Gasteiger charge is -2.33. The Morgan fingerprint density at radius 3 is 2.59 bits per heavy atom. The number of rotatable bonds is 11. The van der Waals surface area contributed by atoms with Gasteiger partial charge in [-0.3, -0.25) is 0 Å². The highest BCUT2D eigenvalue weighted by molar-refractivity contribution is 5.49. The van der Waals surface area contributed by atoms with E-state index in [2.05, 4.69) is 78.8 Å². The molecule has 8 nitrogen and oxygen atoms in total. The van der Waals surface area contributed by atoms with Crippen molar-refractivity contribution >= 4 is 17.5 Å². The molecule has 5 rings (SSSR count). The van der Waals surface area contributed by atoms with Crippen LogP contribution < -0.4 is 20.4 Å². The summed E-state index contributed by atoms with van der Waals surface area (Å²) in [6, 6.07) is 11.7. The van der Waals surface area contributed by atoms with E-state index in [4.69, 9.17) is 11.4 Å². The van der Waals surface area contributed by atoms with Gasteiger partial charge >= 0.3 is 0 Å². The predicted molar refractivity (Wildman–Crippen MR) is 150 cm³/mol. The van der Waals surface area contributed by atoms with Crippen molar-refractivity contribution in [2.24, 2.45) is 16.1 Å². The number of terminal acetylenes is 1. The molecule has 0 amide bonds. The Kier molecular flexibility index (Phi) is 7.90. The number of anilines is 3. The Morgan fingerprint density at radius 2 is 1.86 bits per heavy atom. The lowest BCUT2D eigenvalue weighted by molar-refractivity contribution is 0.412. The summed E-state index contributed by atoms with van der Waals surface area (Å²) in [7, 11) is 0. The van der Waals surface area contributed by atoms with E-state index in [1.807, 2.05) is 6.92 Å². The maximum Gasteiger partial charge on any atom is 0.224 e. The van der Waals surface area contributed by atoms with Crippen molar-refractivity contribution in [3.8, 4) is 12.3 Å². The van der Waals surface area contributed by atoms with Crippen LogP contribution in [0.2, 0.25) is 0 Å². The second-order valence-electron chi connectivity index (χ2n) is 10.9. The molecular weight excluding hydrogens is 460 g/mol. The van der Waals surface area contributed by atoms with Gasteiger partial charge in [-0.15, -0.1) is 12.3 Å². The van der Waals surface area contributed by atoms with Crippen molar-refractivity contribution in [2.45, 2.75) is 70.6 Å². The summed E-state index contributed by atoms with van der Waals surface area (Å²) in [5.41, 5.74) is 3.43. The zero-order valence-corrected chi connectivity index (χ0v) is 22.3. The lowest BCUT2D eigenvalue weighted by atomic mass is 10.0. The first-order valence-corrected chi connectivity index (χ1v) is 13.8. The molecule has 196 valence electrons. The molecule has 2 N–H and O–H groups in total. The van der Waals surface area contributed by atoms with Crippen molar-refractivity contribution < 1.29 is 0 Å². The minimum atomic E-state index is -0.283. The van der Waals surface area contributed by atoms with Gasteiger partial charge in [-0.25, -0.2) is 4.98 Å². The third-order valence-corrected chi connectivity index (χ3v) is 7.82. The van der Waals surface area contributed by atoms with Crippen molar-refractivity contribution in [2.75, 3.05) is 47.8 Å². The van der Waals surface area contributed by atoms with Crippen LogP contribution in [0.15, 0.2) is 40.6 Å². The number of aryl methyl sites for hydroxylation is 1. The maximum absolute atomic E-state index is 5.39. The molecule has 1 atom stereocenters. The van der Waals surface area contributed by atoms with Crippen LogP contribution in [-0.4, -0.2) is 54.4 Å². The largest absolute Gasteiger partial charge is 0.371 e. The number of nitrogens with one attached hydrogen (secondary N) is 2. The van der Waals surface area contributed by atoms with Crippen molar-refractivity contribution in [3.63, 3.8) is 0 Å². The van der Waals surface area contributed by atoms with E-state index in [-0.39, 0.29) is 5.66 Å². The third kappa shape index (κ3) is 6.78. The van der Waals surface area contributed by atoms with Crippen LogP contribution in [0.1, 0.15) is 56.7 Å². The number of benzene rings is 1. The molecule has 4 heterocycles. The number of piperidine rings is 1. The van der Waals surface area contributed by atoms with E-state index in [1.165, 1.54) is 30.8 Å². The van der Waals surface area contributed by atoms with Gasteiger partial charge < -0.3 is 20.4 Å². The van der Waals surface area contributed by atoms with Crippen LogP contribution >= 0.6 is 0 Å². The number of hydrogen-bond donors (Lipinski definition) is 2. The molecule has 0 aliphatic carbocycles. The van der Waals surface area contributed by atoms with Crippen LogP contribution in [-0.2, 0) is 6.54 Å². The molecular formula is C29H40N8. The Bertz CT molecular complexity index is 1120. The fourth-order valence-electron chi connectivity index (χ4n) is 5.44. The SMILES string of the molecule is C#CCCC1(CCNc2nc(C)cc(N3CCC(NCc4cccc(N5CCC(C)C5)c4)CC3)n2)N=N1. The van der Waals surface area contributed by atoms with Gasteiger partial charge in [0.1, 0.15) is 5.82 Å². The van der Waals surface area contributed by atoms with E-state index < -0.39 is 0 Å². The summed E-state index contributed by atoms with van der Waals surface area (Å²) < 4.78 is 0. The molecule has 0 spiro atoms. The first-order valence-electron chi connectivity index (χ1n) is 13.8. The van der Waals surface area contributed by atoms with Crippen molar-refractivity contribution in [1.29, 1.82) is 0 Å². The third-order valence-electron chi connectivity index (χ3n) is 7.82. The van der Waals surface area contributed by atoms with Gasteiger partial charge in [-0.2, -0.15) is 15.2 Å². The van der Waals surface area contributed by atoms with Gasteiger partial charge in [0.05, 0.1) is 0 Å². The second kappa shape index (κ2) is 11.5. The summed E-state index contributed by atoms with van der Waals surface area (Å²) in [6.07, 6.45) is 11.2. The number of hydrogen-bond acceptors (Lipinski definition) is 8. The Labute approximate surface area is 221 Å². The molecule has 1 aromatic heterocycles. The molecule has 1 aromatic carbocycles. The molecule has 0 bridgehead atoms. The average molecular weight is 501 g/mol. The summed E-state index contributed by atoms with van der Waals surface area (Å²) in [4.78, 5) is 14.3. The van der Waals surface area contributed by atoms with E-state index in [0.717, 1.165) is 69.3 Å². The van der Waals surface area contributed by atoms with E-state index in [1.54, 1.807) is 0 Å². The monoisotopic (exact) mass is 500 g/mol. The van der Waals surface area contributed by atoms with Gasteiger partial charge in [-0.1, -0.05) is 19.1 Å². The Balaban J connectivity index is 1.08. The van der Waals surface area contributed by atoms with E-state index in [0.29, 0.717) is 18.4 Å².